The highest BCUT2D eigenvalue weighted by atomic mass is 32.1. The lowest BCUT2D eigenvalue weighted by Crippen LogP contribution is -1.72. The van der Waals surface area contributed by atoms with Crippen molar-refractivity contribution in [3.05, 3.63) is 54.7 Å². The molecule has 0 aliphatic rings. The first-order chi connectivity index (χ1) is 8.43. The molecule has 1 heterocycles. The lowest BCUT2D eigenvalue weighted by molar-refractivity contribution is 1.56. The first kappa shape index (κ1) is 9.14. The summed E-state index contributed by atoms with van der Waals surface area (Å²) in [5.74, 6) is 0. The Balaban J connectivity index is 2.34. The molecule has 4 aromatic rings. The van der Waals surface area contributed by atoms with Crippen molar-refractivity contribution < 1.29 is 0 Å². The predicted octanol–water partition coefficient (Wildman–Crippen LogP) is 4.60. The summed E-state index contributed by atoms with van der Waals surface area (Å²) in [6, 6.07) is 17.3. The molecular formula is C15H9NS. The van der Waals surface area contributed by atoms with Crippen molar-refractivity contribution in [2.24, 2.45) is 0 Å². The number of nitrogens with zero attached hydrogens (tertiary/aromatic N) is 1. The first-order valence-corrected chi connectivity index (χ1v) is 6.36. The van der Waals surface area contributed by atoms with E-state index in [1.165, 1.54) is 31.6 Å². The quantitative estimate of drug-likeness (QED) is 0.434. The largest absolute Gasteiger partial charge is 0.201 e. The summed E-state index contributed by atoms with van der Waals surface area (Å²) in [5, 5.41) is 6.63. The molecular weight excluding hydrogens is 226 g/mol. The van der Waals surface area contributed by atoms with Crippen LogP contribution < -0.4 is 0 Å². The van der Waals surface area contributed by atoms with E-state index < -0.39 is 0 Å². The zero-order valence-corrected chi connectivity index (χ0v) is 9.87. The van der Waals surface area contributed by atoms with Crippen molar-refractivity contribution in [2.75, 3.05) is 0 Å². The molecule has 80 valence electrons. The van der Waals surface area contributed by atoms with E-state index in [4.69, 9.17) is 0 Å². The lowest BCUT2D eigenvalue weighted by Gasteiger charge is -1.97. The average Bonchev–Trinajstić information content (AvgIpc) is 2.78. The van der Waals surface area contributed by atoms with Gasteiger partial charge in [-0.05, 0) is 51.3 Å². The molecule has 1 aromatic heterocycles. The van der Waals surface area contributed by atoms with Gasteiger partial charge in [-0.3, -0.25) is 0 Å². The Morgan fingerprint density at radius 1 is 0.765 bits per heavy atom. The Morgan fingerprint density at radius 2 is 1.71 bits per heavy atom. The topological polar surface area (TPSA) is 12.9 Å². The number of fused-ring (bicyclic) bond motifs is 5. The molecule has 4 rings (SSSR count). The minimum absolute atomic E-state index is 1.25. The molecule has 0 amide bonds. The van der Waals surface area contributed by atoms with Crippen LogP contribution in [0.2, 0.25) is 0 Å². The second-order valence-electron chi connectivity index (χ2n) is 4.18. The van der Waals surface area contributed by atoms with Crippen LogP contribution in [0.4, 0.5) is 0 Å². The van der Waals surface area contributed by atoms with E-state index in [1.54, 1.807) is 11.5 Å². The molecule has 0 spiro atoms. The van der Waals surface area contributed by atoms with Crippen molar-refractivity contribution in [3.63, 3.8) is 0 Å². The summed E-state index contributed by atoms with van der Waals surface area (Å²) in [6.07, 6.45) is 1.88. The van der Waals surface area contributed by atoms with Crippen LogP contribution in [-0.4, -0.2) is 4.37 Å². The third-order valence-corrected chi connectivity index (χ3v) is 4.03. The van der Waals surface area contributed by atoms with Gasteiger partial charge >= 0.3 is 0 Å². The SMILES string of the molecule is c1ccc2c(c1)cc1c3ccnsc3ccc21. The van der Waals surface area contributed by atoms with Gasteiger partial charge in [-0.15, -0.1) is 0 Å². The monoisotopic (exact) mass is 235 g/mol. The van der Waals surface area contributed by atoms with Crippen molar-refractivity contribution in [1.82, 2.24) is 4.37 Å². The molecule has 17 heavy (non-hydrogen) atoms. The van der Waals surface area contributed by atoms with Crippen LogP contribution in [0.15, 0.2) is 54.7 Å². The fourth-order valence-corrected chi connectivity index (χ4v) is 3.11. The maximum atomic E-state index is 4.22. The Labute approximate surface area is 102 Å². The van der Waals surface area contributed by atoms with Gasteiger partial charge in [0.05, 0.1) is 4.70 Å². The molecule has 0 unspecified atom stereocenters. The zero-order valence-electron chi connectivity index (χ0n) is 9.05. The summed E-state index contributed by atoms with van der Waals surface area (Å²) in [7, 11) is 0. The van der Waals surface area contributed by atoms with Crippen LogP contribution in [0.5, 0.6) is 0 Å². The van der Waals surface area contributed by atoms with E-state index in [9.17, 15) is 0 Å². The number of rotatable bonds is 0. The van der Waals surface area contributed by atoms with Gasteiger partial charge in [0.15, 0.2) is 0 Å². The van der Waals surface area contributed by atoms with Crippen LogP contribution in [0, 0.1) is 0 Å². The molecule has 0 fully saturated rings. The molecule has 0 bridgehead atoms. The summed E-state index contributed by atoms with van der Waals surface area (Å²) in [5.41, 5.74) is 0. The first-order valence-electron chi connectivity index (χ1n) is 5.58. The predicted molar refractivity (Wildman–Crippen MR) is 74.6 cm³/mol. The molecule has 2 heteroatoms. The minimum atomic E-state index is 1.25. The number of hydrogen-bond donors (Lipinski definition) is 0. The van der Waals surface area contributed by atoms with Crippen molar-refractivity contribution >= 4 is 43.2 Å². The van der Waals surface area contributed by atoms with Gasteiger partial charge < -0.3 is 0 Å². The van der Waals surface area contributed by atoms with E-state index >= 15 is 0 Å². The second kappa shape index (κ2) is 3.28. The second-order valence-corrected chi connectivity index (χ2v) is 5.02. The third-order valence-electron chi connectivity index (χ3n) is 3.25. The molecule has 0 saturated heterocycles. The Kier molecular flexibility index (Phi) is 1.76. The highest BCUT2D eigenvalue weighted by molar-refractivity contribution is 7.12. The molecule has 0 saturated carbocycles. The van der Waals surface area contributed by atoms with Crippen LogP contribution in [0.1, 0.15) is 0 Å². The summed E-state index contributed by atoms with van der Waals surface area (Å²) in [6.45, 7) is 0. The number of hydrogen-bond acceptors (Lipinski definition) is 2. The Hall–Kier alpha value is -1.93. The molecule has 0 radical (unpaired) electrons. The summed E-state index contributed by atoms with van der Waals surface area (Å²) < 4.78 is 5.46. The van der Waals surface area contributed by atoms with E-state index in [1.807, 2.05) is 6.20 Å². The maximum Gasteiger partial charge on any atom is 0.0541 e. The van der Waals surface area contributed by atoms with Gasteiger partial charge in [0.1, 0.15) is 0 Å². The van der Waals surface area contributed by atoms with E-state index in [0.717, 1.165) is 0 Å². The smallest absolute Gasteiger partial charge is 0.0541 e. The van der Waals surface area contributed by atoms with E-state index in [2.05, 4.69) is 52.9 Å². The molecule has 0 N–H and O–H groups in total. The number of benzene rings is 2. The highest BCUT2D eigenvalue weighted by Crippen LogP contribution is 2.34. The Morgan fingerprint density at radius 3 is 2.71 bits per heavy atom. The molecule has 0 aliphatic heterocycles. The van der Waals surface area contributed by atoms with Crippen LogP contribution in [-0.2, 0) is 0 Å². The fourth-order valence-electron chi connectivity index (χ4n) is 2.47. The van der Waals surface area contributed by atoms with E-state index in [-0.39, 0.29) is 0 Å². The molecule has 1 nitrogen and oxygen atoms in total. The lowest BCUT2D eigenvalue weighted by atomic mass is 10.1. The summed E-state index contributed by atoms with van der Waals surface area (Å²) in [4.78, 5) is 0. The van der Waals surface area contributed by atoms with Crippen LogP contribution in [0.3, 0.4) is 0 Å². The van der Waals surface area contributed by atoms with Crippen molar-refractivity contribution in [3.8, 4) is 0 Å². The van der Waals surface area contributed by atoms with Crippen molar-refractivity contribution in [2.45, 2.75) is 0 Å². The van der Waals surface area contributed by atoms with Gasteiger partial charge in [-0.25, -0.2) is 4.37 Å². The average molecular weight is 235 g/mol. The molecule has 0 atom stereocenters. The third kappa shape index (κ3) is 1.22. The van der Waals surface area contributed by atoms with Crippen molar-refractivity contribution in [1.29, 1.82) is 0 Å². The van der Waals surface area contributed by atoms with Crippen LogP contribution >= 0.6 is 11.5 Å². The van der Waals surface area contributed by atoms with E-state index in [0.29, 0.717) is 0 Å². The van der Waals surface area contributed by atoms with Gasteiger partial charge in [0.25, 0.3) is 0 Å². The number of aromatic nitrogens is 1. The minimum Gasteiger partial charge on any atom is -0.201 e. The Bertz CT molecular complexity index is 845. The van der Waals surface area contributed by atoms with Gasteiger partial charge in [-0.1, -0.05) is 30.3 Å². The van der Waals surface area contributed by atoms with Crippen LogP contribution in [0.25, 0.3) is 31.6 Å². The fraction of sp³-hybridized carbons (Fsp3) is 0. The maximum absolute atomic E-state index is 4.22. The highest BCUT2D eigenvalue weighted by Gasteiger charge is 2.06. The van der Waals surface area contributed by atoms with Gasteiger partial charge in [0.2, 0.25) is 0 Å². The molecule has 3 aromatic carbocycles. The summed E-state index contributed by atoms with van der Waals surface area (Å²) >= 11 is 1.55. The normalized spacial score (nSPS) is 11.5. The molecule has 0 aliphatic carbocycles. The standard InChI is InChI=1S/C15H9NS/c1-2-4-11-10(3-1)9-14-12(11)5-6-15-13(14)7-8-16-17-15/h1-9H. The van der Waals surface area contributed by atoms with Gasteiger partial charge in [-0.2, -0.15) is 0 Å². The zero-order chi connectivity index (χ0) is 11.2. The van der Waals surface area contributed by atoms with Gasteiger partial charge in [0, 0.05) is 11.6 Å².